The average molecular weight is 276 g/mol. The van der Waals surface area contributed by atoms with Crippen molar-refractivity contribution in [1.29, 1.82) is 0 Å². The Bertz CT molecular complexity index is 524. The van der Waals surface area contributed by atoms with Gasteiger partial charge in [-0.1, -0.05) is 12.1 Å². The zero-order chi connectivity index (χ0) is 13.7. The van der Waals surface area contributed by atoms with E-state index in [0.717, 1.165) is 18.0 Å². The SMILES string of the molecule is Cc1cccc(OCCNC(C)c2scnc2C)c1. The molecule has 3 nitrogen and oxygen atoms in total. The molecule has 0 aliphatic heterocycles. The summed E-state index contributed by atoms with van der Waals surface area (Å²) in [6.45, 7) is 7.78. The maximum Gasteiger partial charge on any atom is 0.119 e. The van der Waals surface area contributed by atoms with E-state index in [0.29, 0.717) is 12.6 Å². The van der Waals surface area contributed by atoms with E-state index < -0.39 is 0 Å². The summed E-state index contributed by atoms with van der Waals surface area (Å²) in [5.74, 6) is 0.934. The molecule has 1 unspecified atom stereocenters. The van der Waals surface area contributed by atoms with E-state index in [2.05, 4.69) is 36.3 Å². The Hall–Kier alpha value is -1.39. The first-order valence-electron chi connectivity index (χ1n) is 6.49. The second kappa shape index (κ2) is 6.68. The van der Waals surface area contributed by atoms with Crippen LogP contribution in [-0.2, 0) is 0 Å². The van der Waals surface area contributed by atoms with E-state index in [-0.39, 0.29) is 0 Å². The molecule has 0 aliphatic rings. The fourth-order valence-corrected chi connectivity index (χ4v) is 2.80. The van der Waals surface area contributed by atoms with Crippen LogP contribution in [-0.4, -0.2) is 18.1 Å². The van der Waals surface area contributed by atoms with Crippen LogP contribution in [0.15, 0.2) is 29.8 Å². The average Bonchev–Trinajstić information content (AvgIpc) is 2.81. The van der Waals surface area contributed by atoms with Crippen molar-refractivity contribution in [2.45, 2.75) is 26.8 Å². The van der Waals surface area contributed by atoms with Crippen LogP contribution in [0.4, 0.5) is 0 Å². The summed E-state index contributed by atoms with van der Waals surface area (Å²) in [7, 11) is 0. The summed E-state index contributed by atoms with van der Waals surface area (Å²) in [6.07, 6.45) is 0. The summed E-state index contributed by atoms with van der Waals surface area (Å²) in [5, 5.41) is 3.46. The van der Waals surface area contributed by atoms with Crippen LogP contribution in [0, 0.1) is 13.8 Å². The predicted molar refractivity (Wildman–Crippen MR) is 79.9 cm³/mol. The molecule has 1 heterocycles. The number of benzene rings is 1. The van der Waals surface area contributed by atoms with Crippen molar-refractivity contribution in [1.82, 2.24) is 10.3 Å². The predicted octanol–water partition coefficient (Wildman–Crippen LogP) is 3.49. The van der Waals surface area contributed by atoms with Crippen LogP contribution in [0.5, 0.6) is 5.75 Å². The van der Waals surface area contributed by atoms with Crippen molar-refractivity contribution in [3.05, 3.63) is 45.9 Å². The van der Waals surface area contributed by atoms with Gasteiger partial charge in [0.1, 0.15) is 12.4 Å². The van der Waals surface area contributed by atoms with Gasteiger partial charge in [0.2, 0.25) is 0 Å². The Morgan fingerprint density at radius 1 is 1.37 bits per heavy atom. The minimum atomic E-state index is 0.327. The first kappa shape index (κ1) is 14.0. The topological polar surface area (TPSA) is 34.1 Å². The van der Waals surface area contributed by atoms with E-state index in [4.69, 9.17) is 4.74 Å². The van der Waals surface area contributed by atoms with Crippen molar-refractivity contribution in [2.24, 2.45) is 0 Å². The van der Waals surface area contributed by atoms with Gasteiger partial charge in [0.25, 0.3) is 0 Å². The molecule has 2 aromatic rings. The Kier molecular flexibility index (Phi) is 4.93. The summed E-state index contributed by atoms with van der Waals surface area (Å²) in [5.41, 5.74) is 4.23. The van der Waals surface area contributed by atoms with Gasteiger partial charge < -0.3 is 10.1 Å². The fraction of sp³-hybridized carbons (Fsp3) is 0.400. The molecule has 1 N–H and O–H groups in total. The third kappa shape index (κ3) is 4.04. The first-order chi connectivity index (χ1) is 9.16. The van der Waals surface area contributed by atoms with Crippen LogP contribution < -0.4 is 10.1 Å². The normalized spacial score (nSPS) is 12.4. The number of nitrogens with zero attached hydrogens (tertiary/aromatic N) is 1. The minimum absolute atomic E-state index is 0.327. The van der Waals surface area contributed by atoms with Gasteiger partial charge in [0.05, 0.1) is 11.2 Å². The van der Waals surface area contributed by atoms with Gasteiger partial charge in [0.15, 0.2) is 0 Å². The Balaban J connectivity index is 1.74. The standard InChI is InChI=1S/C15H20N2OS/c1-11-5-4-6-14(9-11)18-8-7-16-12(2)15-13(3)17-10-19-15/h4-6,9-10,12,16H,7-8H2,1-3H3. The van der Waals surface area contributed by atoms with Gasteiger partial charge in [-0.3, -0.25) is 0 Å². The van der Waals surface area contributed by atoms with Crippen molar-refractivity contribution in [3.8, 4) is 5.75 Å². The Morgan fingerprint density at radius 3 is 2.89 bits per heavy atom. The summed E-state index contributed by atoms with van der Waals surface area (Å²) in [4.78, 5) is 5.57. The molecule has 0 fully saturated rings. The number of aromatic nitrogens is 1. The van der Waals surface area contributed by atoms with Gasteiger partial charge in [-0.05, 0) is 38.5 Å². The van der Waals surface area contributed by atoms with Gasteiger partial charge >= 0.3 is 0 Å². The highest BCUT2D eigenvalue weighted by Gasteiger charge is 2.09. The van der Waals surface area contributed by atoms with Gasteiger partial charge in [-0.15, -0.1) is 11.3 Å². The van der Waals surface area contributed by atoms with Crippen LogP contribution in [0.1, 0.15) is 29.1 Å². The number of thiazole rings is 1. The third-order valence-electron chi connectivity index (χ3n) is 2.99. The largest absolute Gasteiger partial charge is 0.492 e. The van der Waals surface area contributed by atoms with Gasteiger partial charge in [0, 0.05) is 17.5 Å². The lowest BCUT2D eigenvalue weighted by atomic mass is 10.2. The highest BCUT2D eigenvalue weighted by molar-refractivity contribution is 7.09. The lowest BCUT2D eigenvalue weighted by Crippen LogP contribution is -2.24. The fourth-order valence-electron chi connectivity index (χ4n) is 1.97. The number of hydrogen-bond donors (Lipinski definition) is 1. The lowest BCUT2D eigenvalue weighted by molar-refractivity contribution is 0.307. The zero-order valence-electron chi connectivity index (χ0n) is 11.6. The molecule has 0 saturated heterocycles. The molecule has 1 atom stereocenters. The van der Waals surface area contributed by atoms with E-state index >= 15 is 0 Å². The molecule has 0 bridgehead atoms. The zero-order valence-corrected chi connectivity index (χ0v) is 12.5. The summed E-state index contributed by atoms with van der Waals surface area (Å²) in [6, 6.07) is 8.45. The molecule has 1 aromatic carbocycles. The molecule has 0 radical (unpaired) electrons. The van der Waals surface area contributed by atoms with Crippen LogP contribution in [0.25, 0.3) is 0 Å². The smallest absolute Gasteiger partial charge is 0.119 e. The molecular weight excluding hydrogens is 256 g/mol. The maximum absolute atomic E-state index is 5.71. The highest BCUT2D eigenvalue weighted by atomic mass is 32.1. The van der Waals surface area contributed by atoms with Crippen molar-refractivity contribution < 1.29 is 4.74 Å². The van der Waals surface area contributed by atoms with Crippen LogP contribution in [0.3, 0.4) is 0 Å². The van der Waals surface area contributed by atoms with Crippen molar-refractivity contribution in [2.75, 3.05) is 13.2 Å². The van der Waals surface area contributed by atoms with E-state index in [1.54, 1.807) is 11.3 Å². The van der Waals surface area contributed by atoms with E-state index in [1.165, 1.54) is 10.4 Å². The van der Waals surface area contributed by atoms with E-state index in [9.17, 15) is 0 Å². The molecule has 0 spiro atoms. The van der Waals surface area contributed by atoms with Crippen molar-refractivity contribution >= 4 is 11.3 Å². The molecule has 102 valence electrons. The molecule has 2 rings (SSSR count). The summed E-state index contributed by atoms with van der Waals surface area (Å²) >= 11 is 1.70. The first-order valence-corrected chi connectivity index (χ1v) is 7.37. The molecule has 0 aliphatic carbocycles. The second-order valence-corrected chi connectivity index (χ2v) is 5.53. The monoisotopic (exact) mass is 276 g/mol. The molecule has 19 heavy (non-hydrogen) atoms. The number of aryl methyl sites for hydroxylation is 2. The third-order valence-corrected chi connectivity index (χ3v) is 4.10. The molecule has 0 saturated carbocycles. The second-order valence-electron chi connectivity index (χ2n) is 4.64. The van der Waals surface area contributed by atoms with E-state index in [1.807, 2.05) is 24.6 Å². The van der Waals surface area contributed by atoms with Crippen LogP contribution >= 0.6 is 11.3 Å². The molecule has 4 heteroatoms. The number of rotatable bonds is 6. The van der Waals surface area contributed by atoms with Gasteiger partial charge in [-0.25, -0.2) is 4.98 Å². The summed E-state index contributed by atoms with van der Waals surface area (Å²) < 4.78 is 5.71. The van der Waals surface area contributed by atoms with Crippen molar-refractivity contribution in [3.63, 3.8) is 0 Å². The molecular formula is C15H20N2OS. The highest BCUT2D eigenvalue weighted by Crippen LogP contribution is 2.20. The minimum Gasteiger partial charge on any atom is -0.492 e. The van der Waals surface area contributed by atoms with Crippen LogP contribution in [0.2, 0.25) is 0 Å². The Labute approximate surface area is 118 Å². The maximum atomic E-state index is 5.71. The van der Waals surface area contributed by atoms with Gasteiger partial charge in [-0.2, -0.15) is 0 Å². The molecule has 1 aromatic heterocycles. The quantitative estimate of drug-likeness (QED) is 0.820. The lowest BCUT2D eigenvalue weighted by Gasteiger charge is -2.13. The molecule has 0 amide bonds. The number of ether oxygens (including phenoxy) is 1. The number of nitrogens with one attached hydrogen (secondary N) is 1. The Morgan fingerprint density at radius 2 is 2.21 bits per heavy atom. The number of hydrogen-bond acceptors (Lipinski definition) is 4.